The summed E-state index contributed by atoms with van der Waals surface area (Å²) in [5.74, 6) is -0.766. The molecule has 170 valence electrons. The summed E-state index contributed by atoms with van der Waals surface area (Å²) in [6.45, 7) is 0.827. The van der Waals surface area contributed by atoms with Gasteiger partial charge in [-0.05, 0) is 47.8 Å². The van der Waals surface area contributed by atoms with Crippen LogP contribution in [0.4, 0.5) is 5.13 Å². The molecule has 34 heavy (non-hydrogen) atoms. The van der Waals surface area contributed by atoms with Gasteiger partial charge in [-0.1, -0.05) is 29.0 Å². The highest BCUT2D eigenvalue weighted by atomic mass is 35.5. The molecule has 10 heteroatoms. The fraction of sp³-hybridized carbons (Fsp3) is 0.125. The maximum absolute atomic E-state index is 13.3. The van der Waals surface area contributed by atoms with E-state index < -0.39 is 17.7 Å². The number of halogens is 1. The predicted octanol–water partition coefficient (Wildman–Crippen LogP) is 5.41. The number of hydrogen-bond acceptors (Lipinski definition) is 8. The van der Waals surface area contributed by atoms with Crippen LogP contribution in [0.25, 0.3) is 16.0 Å². The van der Waals surface area contributed by atoms with Gasteiger partial charge >= 0.3 is 5.91 Å². The van der Waals surface area contributed by atoms with Crippen molar-refractivity contribution in [1.29, 1.82) is 0 Å². The number of carbonyl (C=O) groups is 2. The van der Waals surface area contributed by atoms with Gasteiger partial charge in [0.1, 0.15) is 25.0 Å². The van der Waals surface area contributed by atoms with Crippen LogP contribution < -0.4 is 14.4 Å². The minimum Gasteiger partial charge on any atom is -0.507 e. The van der Waals surface area contributed by atoms with E-state index >= 15 is 0 Å². The van der Waals surface area contributed by atoms with Gasteiger partial charge in [-0.2, -0.15) is 0 Å². The highest BCUT2D eigenvalue weighted by Gasteiger charge is 2.48. The molecule has 0 aliphatic carbocycles. The number of Topliss-reactive ketones (excluding diaryl/α,β-unsaturated/α-hetero) is 1. The molecule has 2 aromatic carbocycles. The number of aliphatic hydroxyl groups excluding tert-OH is 1. The normalized spacial score (nSPS) is 19.2. The predicted molar refractivity (Wildman–Crippen MR) is 131 cm³/mol. The minimum atomic E-state index is -0.816. The van der Waals surface area contributed by atoms with Crippen molar-refractivity contribution in [1.82, 2.24) is 4.98 Å². The molecule has 0 saturated carbocycles. The van der Waals surface area contributed by atoms with Gasteiger partial charge in [0.25, 0.3) is 5.78 Å². The number of ketones is 1. The fourth-order valence-electron chi connectivity index (χ4n) is 4.08. The van der Waals surface area contributed by atoms with Crippen molar-refractivity contribution in [2.24, 2.45) is 0 Å². The summed E-state index contributed by atoms with van der Waals surface area (Å²) in [4.78, 5) is 33.2. The van der Waals surface area contributed by atoms with E-state index in [4.69, 9.17) is 21.1 Å². The molecule has 0 spiro atoms. The second-order valence-electron chi connectivity index (χ2n) is 7.65. The molecule has 4 aromatic rings. The third-order valence-corrected chi connectivity index (χ3v) is 7.80. The number of fused-ring (bicyclic) bond motifs is 2. The first-order valence-electron chi connectivity index (χ1n) is 10.3. The van der Waals surface area contributed by atoms with E-state index in [1.165, 1.54) is 27.6 Å². The van der Waals surface area contributed by atoms with Crippen molar-refractivity contribution >= 4 is 67.1 Å². The Morgan fingerprint density at radius 2 is 1.91 bits per heavy atom. The Kier molecular flexibility index (Phi) is 5.05. The number of benzene rings is 2. The van der Waals surface area contributed by atoms with Crippen LogP contribution in [0.2, 0.25) is 5.02 Å². The Balaban J connectivity index is 1.52. The fourth-order valence-corrected chi connectivity index (χ4v) is 6.17. The van der Waals surface area contributed by atoms with Crippen LogP contribution in [0.5, 0.6) is 11.5 Å². The molecule has 1 N–H and O–H groups in total. The highest BCUT2D eigenvalue weighted by molar-refractivity contribution is 7.22. The monoisotopic (exact) mass is 510 g/mol. The van der Waals surface area contributed by atoms with Crippen molar-refractivity contribution in [3.05, 3.63) is 74.9 Å². The van der Waals surface area contributed by atoms with Crippen LogP contribution in [0.15, 0.2) is 59.5 Å². The second-order valence-corrected chi connectivity index (χ2v) is 10.1. The molecular formula is C24H15ClN2O5S2. The van der Waals surface area contributed by atoms with E-state index in [0.717, 1.165) is 9.58 Å². The lowest BCUT2D eigenvalue weighted by atomic mass is 9.99. The first kappa shape index (κ1) is 21.2. The topological polar surface area (TPSA) is 89.0 Å². The molecule has 2 aliphatic rings. The standard InChI is InChI=1S/C24H15ClN2O5S2/c25-13-4-5-14-18(11-13)34-24(26-14)27-20(17-2-1-9-33-17)19(22(29)23(27)30)21(28)12-3-6-15-16(10-12)32-8-7-31-15/h1-6,9-11,20,28H,7-8H2/b21-19+/t20-/m0/s1. The Bertz CT molecular complexity index is 1490. The molecule has 6 rings (SSSR count). The maximum atomic E-state index is 13.3. The molecule has 2 aliphatic heterocycles. The highest BCUT2D eigenvalue weighted by Crippen LogP contribution is 2.46. The molecule has 0 unspecified atom stereocenters. The zero-order valence-electron chi connectivity index (χ0n) is 17.4. The lowest BCUT2D eigenvalue weighted by molar-refractivity contribution is -0.132. The number of nitrogens with zero attached hydrogens (tertiary/aromatic N) is 2. The molecule has 2 aromatic heterocycles. The number of aromatic nitrogens is 1. The molecule has 1 fully saturated rings. The maximum Gasteiger partial charge on any atom is 0.301 e. The molecule has 1 atom stereocenters. The molecule has 0 radical (unpaired) electrons. The van der Waals surface area contributed by atoms with Crippen LogP contribution in [0.3, 0.4) is 0 Å². The van der Waals surface area contributed by atoms with Crippen molar-refractivity contribution in [2.75, 3.05) is 18.1 Å². The van der Waals surface area contributed by atoms with Crippen LogP contribution in [0, 0.1) is 0 Å². The number of aliphatic hydroxyl groups is 1. The van der Waals surface area contributed by atoms with Gasteiger partial charge in [0.05, 0.1) is 15.8 Å². The van der Waals surface area contributed by atoms with Gasteiger partial charge in [-0.15, -0.1) is 11.3 Å². The van der Waals surface area contributed by atoms with E-state index in [9.17, 15) is 14.7 Å². The summed E-state index contributed by atoms with van der Waals surface area (Å²) < 4.78 is 12.0. The molecule has 1 amide bonds. The number of anilines is 1. The zero-order valence-corrected chi connectivity index (χ0v) is 19.7. The summed E-state index contributed by atoms with van der Waals surface area (Å²) in [5.41, 5.74) is 1.03. The van der Waals surface area contributed by atoms with Gasteiger partial charge in [-0.3, -0.25) is 14.5 Å². The quantitative estimate of drug-likeness (QED) is 0.225. The lowest BCUT2D eigenvalue weighted by Crippen LogP contribution is -2.28. The first-order chi connectivity index (χ1) is 16.5. The number of hydrogen-bond donors (Lipinski definition) is 1. The Morgan fingerprint density at radius 1 is 1.09 bits per heavy atom. The van der Waals surface area contributed by atoms with Crippen LogP contribution >= 0.6 is 34.3 Å². The summed E-state index contributed by atoms with van der Waals surface area (Å²) >= 11 is 8.77. The third kappa shape index (κ3) is 3.35. The average Bonchev–Trinajstić information content (AvgIpc) is 3.57. The van der Waals surface area contributed by atoms with Crippen molar-refractivity contribution in [3.8, 4) is 11.5 Å². The van der Waals surface area contributed by atoms with Crippen molar-refractivity contribution < 1.29 is 24.2 Å². The van der Waals surface area contributed by atoms with E-state index in [0.29, 0.717) is 45.9 Å². The zero-order chi connectivity index (χ0) is 23.4. The molecular weight excluding hydrogens is 496 g/mol. The summed E-state index contributed by atoms with van der Waals surface area (Å²) in [7, 11) is 0. The molecule has 0 bridgehead atoms. The third-order valence-electron chi connectivity index (χ3n) is 5.62. The Morgan fingerprint density at radius 3 is 2.71 bits per heavy atom. The van der Waals surface area contributed by atoms with E-state index in [1.807, 2.05) is 17.5 Å². The molecule has 4 heterocycles. The van der Waals surface area contributed by atoms with Gasteiger partial charge in [0, 0.05) is 15.5 Å². The van der Waals surface area contributed by atoms with E-state index in [2.05, 4.69) is 4.98 Å². The SMILES string of the molecule is O=C1C(=O)N(c2nc3ccc(Cl)cc3s2)[C@@H](c2cccs2)/C1=C(\O)c1ccc2c(c1)OCCO2. The Hall–Kier alpha value is -3.40. The van der Waals surface area contributed by atoms with Crippen LogP contribution in [-0.2, 0) is 9.59 Å². The van der Waals surface area contributed by atoms with E-state index in [-0.39, 0.29) is 11.3 Å². The smallest absolute Gasteiger partial charge is 0.301 e. The van der Waals surface area contributed by atoms with E-state index in [1.54, 1.807) is 36.4 Å². The number of thiazole rings is 1. The molecule has 1 saturated heterocycles. The summed E-state index contributed by atoms with van der Waals surface area (Å²) in [6, 6.07) is 13.0. The largest absolute Gasteiger partial charge is 0.507 e. The van der Waals surface area contributed by atoms with Gasteiger partial charge in [0.15, 0.2) is 16.6 Å². The van der Waals surface area contributed by atoms with Gasteiger partial charge < -0.3 is 14.6 Å². The number of carbonyl (C=O) groups excluding carboxylic acids is 2. The lowest BCUT2D eigenvalue weighted by Gasteiger charge is -2.22. The van der Waals surface area contributed by atoms with Crippen molar-refractivity contribution in [3.63, 3.8) is 0 Å². The number of thiophene rings is 1. The van der Waals surface area contributed by atoms with Gasteiger partial charge in [0.2, 0.25) is 0 Å². The van der Waals surface area contributed by atoms with Crippen LogP contribution in [-0.4, -0.2) is 35.0 Å². The van der Waals surface area contributed by atoms with Crippen molar-refractivity contribution in [2.45, 2.75) is 6.04 Å². The summed E-state index contributed by atoms with van der Waals surface area (Å²) in [6.07, 6.45) is 0. The number of amides is 1. The molecule has 7 nitrogen and oxygen atoms in total. The van der Waals surface area contributed by atoms with Crippen LogP contribution in [0.1, 0.15) is 16.5 Å². The minimum absolute atomic E-state index is 0.00131. The number of rotatable bonds is 3. The first-order valence-corrected chi connectivity index (χ1v) is 12.4. The number of ether oxygens (including phenoxy) is 2. The van der Waals surface area contributed by atoms with Gasteiger partial charge in [-0.25, -0.2) is 4.98 Å². The summed E-state index contributed by atoms with van der Waals surface area (Å²) in [5, 5.41) is 14.0. The Labute approximate surface area is 206 Å². The second kappa shape index (κ2) is 8.12. The average molecular weight is 511 g/mol.